The van der Waals surface area contributed by atoms with E-state index >= 15 is 0 Å². The first-order valence-electron chi connectivity index (χ1n) is 5.84. The number of aromatic nitrogens is 2. The van der Waals surface area contributed by atoms with Crippen LogP contribution in [0, 0.1) is 0 Å². The molecular weight excluding hydrogens is 210 g/mol. The van der Waals surface area contributed by atoms with Gasteiger partial charge in [-0.3, -0.25) is 0 Å². The Kier molecular flexibility index (Phi) is 3.70. The number of benzene rings is 1. The number of nitrogens with one attached hydrogen (secondary N) is 1. The fourth-order valence-corrected chi connectivity index (χ4v) is 1.62. The van der Waals surface area contributed by atoms with Crippen molar-refractivity contribution in [3.8, 4) is 0 Å². The van der Waals surface area contributed by atoms with Crippen LogP contribution in [0.3, 0.4) is 0 Å². The summed E-state index contributed by atoms with van der Waals surface area (Å²) in [5, 5.41) is 3.37. The number of hydrogen-bond donors (Lipinski definition) is 1. The van der Waals surface area contributed by atoms with E-state index in [1.165, 1.54) is 5.56 Å². The zero-order valence-corrected chi connectivity index (χ0v) is 10.2. The standard InChI is InChI=1S/C14H17N3/c1-11(2)12-4-3-5-13(8-12)16-9-14-6-7-15-10-17-14/h3-8,10-11,16H,9H2,1-2H3. The van der Waals surface area contributed by atoms with Gasteiger partial charge in [0.15, 0.2) is 0 Å². The second kappa shape index (κ2) is 5.43. The predicted octanol–water partition coefficient (Wildman–Crippen LogP) is 3.21. The molecule has 1 N–H and O–H groups in total. The van der Waals surface area contributed by atoms with Gasteiger partial charge in [-0.05, 0) is 29.7 Å². The van der Waals surface area contributed by atoms with E-state index in [4.69, 9.17) is 0 Å². The van der Waals surface area contributed by atoms with Gasteiger partial charge in [-0.2, -0.15) is 0 Å². The third-order valence-corrected chi connectivity index (χ3v) is 2.67. The summed E-state index contributed by atoms with van der Waals surface area (Å²) in [5.74, 6) is 0.552. The van der Waals surface area contributed by atoms with E-state index in [2.05, 4.69) is 53.4 Å². The monoisotopic (exact) mass is 227 g/mol. The molecule has 0 fully saturated rings. The molecule has 0 atom stereocenters. The van der Waals surface area contributed by atoms with E-state index in [1.54, 1.807) is 12.5 Å². The summed E-state index contributed by atoms with van der Waals surface area (Å²) < 4.78 is 0. The van der Waals surface area contributed by atoms with Crippen molar-refractivity contribution in [2.75, 3.05) is 5.32 Å². The first-order chi connectivity index (χ1) is 8.25. The highest BCUT2D eigenvalue weighted by atomic mass is 14.9. The molecule has 0 aliphatic rings. The Balaban J connectivity index is 2.02. The zero-order valence-electron chi connectivity index (χ0n) is 10.2. The van der Waals surface area contributed by atoms with Gasteiger partial charge in [0, 0.05) is 11.9 Å². The van der Waals surface area contributed by atoms with E-state index in [0.717, 1.165) is 17.9 Å². The molecule has 0 unspecified atom stereocenters. The Morgan fingerprint density at radius 3 is 2.82 bits per heavy atom. The van der Waals surface area contributed by atoms with E-state index in [-0.39, 0.29) is 0 Å². The molecule has 3 nitrogen and oxygen atoms in total. The first kappa shape index (κ1) is 11.6. The minimum absolute atomic E-state index is 0.552. The normalized spacial score (nSPS) is 10.5. The third kappa shape index (κ3) is 3.28. The lowest BCUT2D eigenvalue weighted by Crippen LogP contribution is -2.02. The van der Waals surface area contributed by atoms with Crippen molar-refractivity contribution < 1.29 is 0 Å². The zero-order chi connectivity index (χ0) is 12.1. The van der Waals surface area contributed by atoms with Crippen LogP contribution in [0.4, 0.5) is 5.69 Å². The highest BCUT2D eigenvalue weighted by molar-refractivity contribution is 5.46. The van der Waals surface area contributed by atoms with Gasteiger partial charge in [0.25, 0.3) is 0 Å². The molecule has 0 saturated carbocycles. The van der Waals surface area contributed by atoms with Crippen LogP contribution < -0.4 is 5.32 Å². The smallest absolute Gasteiger partial charge is 0.115 e. The number of anilines is 1. The van der Waals surface area contributed by atoms with Gasteiger partial charge in [0.2, 0.25) is 0 Å². The summed E-state index contributed by atoms with van der Waals surface area (Å²) in [7, 11) is 0. The van der Waals surface area contributed by atoms with Crippen LogP contribution in [0.1, 0.15) is 31.0 Å². The quantitative estimate of drug-likeness (QED) is 0.871. The van der Waals surface area contributed by atoms with Gasteiger partial charge < -0.3 is 5.32 Å². The van der Waals surface area contributed by atoms with Crippen LogP contribution in [0.15, 0.2) is 42.9 Å². The Morgan fingerprint density at radius 2 is 2.12 bits per heavy atom. The van der Waals surface area contributed by atoms with Gasteiger partial charge in [-0.25, -0.2) is 9.97 Å². The maximum Gasteiger partial charge on any atom is 0.115 e. The van der Waals surface area contributed by atoms with Crippen LogP contribution in [0.2, 0.25) is 0 Å². The maximum absolute atomic E-state index is 4.18. The highest BCUT2D eigenvalue weighted by Crippen LogP contribution is 2.18. The molecule has 3 heteroatoms. The molecule has 1 aromatic heterocycles. The lowest BCUT2D eigenvalue weighted by molar-refractivity contribution is 0.866. The van der Waals surface area contributed by atoms with Crippen molar-refractivity contribution >= 4 is 5.69 Å². The molecule has 2 rings (SSSR count). The molecule has 0 bridgehead atoms. The Morgan fingerprint density at radius 1 is 1.24 bits per heavy atom. The molecule has 0 saturated heterocycles. The molecule has 0 spiro atoms. The Hall–Kier alpha value is -1.90. The van der Waals surface area contributed by atoms with Crippen molar-refractivity contribution in [2.45, 2.75) is 26.3 Å². The molecular formula is C14H17N3. The SMILES string of the molecule is CC(C)c1cccc(NCc2ccncn2)c1. The highest BCUT2D eigenvalue weighted by Gasteiger charge is 2.00. The predicted molar refractivity (Wildman–Crippen MR) is 69.9 cm³/mol. The number of rotatable bonds is 4. The molecule has 2 aromatic rings. The van der Waals surface area contributed by atoms with Crippen LogP contribution in [-0.2, 0) is 6.54 Å². The van der Waals surface area contributed by atoms with Crippen LogP contribution >= 0.6 is 0 Å². The summed E-state index contributed by atoms with van der Waals surface area (Å²) in [6.45, 7) is 5.12. The number of nitrogens with zero attached hydrogens (tertiary/aromatic N) is 2. The topological polar surface area (TPSA) is 37.8 Å². The summed E-state index contributed by atoms with van der Waals surface area (Å²) in [4.78, 5) is 8.08. The van der Waals surface area contributed by atoms with Crippen LogP contribution in [0.5, 0.6) is 0 Å². The lowest BCUT2D eigenvalue weighted by atomic mass is 10.0. The molecule has 0 radical (unpaired) electrons. The second-order valence-corrected chi connectivity index (χ2v) is 4.33. The van der Waals surface area contributed by atoms with Gasteiger partial charge in [0.1, 0.15) is 6.33 Å². The van der Waals surface area contributed by atoms with Crippen molar-refractivity contribution in [3.63, 3.8) is 0 Å². The van der Waals surface area contributed by atoms with E-state index in [0.29, 0.717) is 5.92 Å². The molecule has 0 aliphatic carbocycles. The fourth-order valence-electron chi connectivity index (χ4n) is 1.62. The van der Waals surface area contributed by atoms with Crippen molar-refractivity contribution in [1.29, 1.82) is 0 Å². The number of hydrogen-bond acceptors (Lipinski definition) is 3. The summed E-state index contributed by atoms with van der Waals surface area (Å²) in [5.41, 5.74) is 3.47. The molecule has 0 amide bonds. The third-order valence-electron chi connectivity index (χ3n) is 2.67. The fraction of sp³-hybridized carbons (Fsp3) is 0.286. The van der Waals surface area contributed by atoms with E-state index in [1.807, 2.05) is 6.07 Å². The van der Waals surface area contributed by atoms with Crippen molar-refractivity contribution in [2.24, 2.45) is 0 Å². The van der Waals surface area contributed by atoms with Gasteiger partial charge in [0.05, 0.1) is 12.2 Å². The average molecular weight is 227 g/mol. The van der Waals surface area contributed by atoms with Gasteiger partial charge in [-0.1, -0.05) is 26.0 Å². The maximum atomic E-state index is 4.18. The van der Waals surface area contributed by atoms with Gasteiger partial charge >= 0.3 is 0 Å². The average Bonchev–Trinajstić information content (AvgIpc) is 2.38. The van der Waals surface area contributed by atoms with Crippen molar-refractivity contribution in [1.82, 2.24) is 9.97 Å². The minimum Gasteiger partial charge on any atom is -0.379 e. The van der Waals surface area contributed by atoms with Crippen LogP contribution in [-0.4, -0.2) is 9.97 Å². The van der Waals surface area contributed by atoms with E-state index in [9.17, 15) is 0 Å². The summed E-state index contributed by atoms with van der Waals surface area (Å²) in [6.07, 6.45) is 3.33. The molecule has 88 valence electrons. The molecule has 17 heavy (non-hydrogen) atoms. The largest absolute Gasteiger partial charge is 0.379 e. The van der Waals surface area contributed by atoms with Gasteiger partial charge in [-0.15, -0.1) is 0 Å². The Bertz CT molecular complexity index is 466. The summed E-state index contributed by atoms with van der Waals surface area (Å²) in [6, 6.07) is 10.4. The Labute approximate surface area is 102 Å². The molecule has 0 aliphatic heterocycles. The van der Waals surface area contributed by atoms with Crippen LogP contribution in [0.25, 0.3) is 0 Å². The van der Waals surface area contributed by atoms with Crippen molar-refractivity contribution in [3.05, 3.63) is 54.1 Å². The molecule has 1 aromatic carbocycles. The minimum atomic E-state index is 0.552. The van der Waals surface area contributed by atoms with E-state index < -0.39 is 0 Å². The molecule has 1 heterocycles. The first-order valence-corrected chi connectivity index (χ1v) is 5.84. The summed E-state index contributed by atoms with van der Waals surface area (Å²) >= 11 is 0. The second-order valence-electron chi connectivity index (χ2n) is 4.33. The lowest BCUT2D eigenvalue weighted by Gasteiger charge is -2.09.